The van der Waals surface area contributed by atoms with Gasteiger partial charge < -0.3 is 5.32 Å². The first kappa shape index (κ1) is 19.5. The molecule has 1 fully saturated rings. The predicted octanol–water partition coefficient (Wildman–Crippen LogP) is 5.67. The Morgan fingerprint density at radius 3 is 2.67 bits per heavy atom. The van der Waals surface area contributed by atoms with E-state index in [2.05, 4.69) is 26.1 Å². The molecule has 1 aromatic heterocycles. The van der Waals surface area contributed by atoms with E-state index in [0.29, 0.717) is 17.5 Å². The molecular weight excluding hydrogens is 377 g/mol. The van der Waals surface area contributed by atoms with E-state index in [9.17, 15) is 9.18 Å². The van der Waals surface area contributed by atoms with Gasteiger partial charge in [0.2, 0.25) is 0 Å². The van der Waals surface area contributed by atoms with Crippen LogP contribution in [0.5, 0.6) is 0 Å². The van der Waals surface area contributed by atoms with Crippen LogP contribution >= 0.6 is 0 Å². The number of aromatic nitrogens is 2. The maximum absolute atomic E-state index is 13.5. The van der Waals surface area contributed by atoms with Crippen molar-refractivity contribution < 1.29 is 9.18 Å². The van der Waals surface area contributed by atoms with Crippen LogP contribution in [0.25, 0.3) is 5.69 Å². The minimum atomic E-state index is -0.267. The molecule has 1 aromatic carbocycles. The van der Waals surface area contributed by atoms with Crippen molar-refractivity contribution in [2.45, 2.75) is 71.6 Å². The highest BCUT2D eigenvalue weighted by Gasteiger charge is 2.46. The summed E-state index contributed by atoms with van der Waals surface area (Å²) < 4.78 is 15.4. The number of hydrogen-bond acceptors (Lipinski definition) is 2. The summed E-state index contributed by atoms with van der Waals surface area (Å²) >= 11 is 0. The molecule has 5 rings (SSSR count). The molecule has 3 aliphatic rings. The molecular formula is C25H30FN3O. The van der Waals surface area contributed by atoms with Crippen LogP contribution in [-0.2, 0) is 6.42 Å². The molecule has 30 heavy (non-hydrogen) atoms. The van der Waals surface area contributed by atoms with E-state index in [0.717, 1.165) is 61.2 Å². The number of nitrogens with zero attached hydrogens (tertiary/aromatic N) is 2. The van der Waals surface area contributed by atoms with Crippen LogP contribution in [0, 0.1) is 17.2 Å². The fourth-order valence-electron chi connectivity index (χ4n) is 5.93. The van der Waals surface area contributed by atoms with Crippen LogP contribution in [0.4, 0.5) is 4.39 Å². The van der Waals surface area contributed by atoms with Gasteiger partial charge in [-0.3, -0.25) is 4.79 Å². The van der Waals surface area contributed by atoms with Gasteiger partial charge in [0.25, 0.3) is 5.91 Å². The van der Waals surface area contributed by atoms with Crippen molar-refractivity contribution >= 4 is 5.91 Å². The van der Waals surface area contributed by atoms with Gasteiger partial charge in [0.15, 0.2) is 5.69 Å². The largest absolute Gasteiger partial charge is 0.324 e. The first-order valence-corrected chi connectivity index (χ1v) is 11.3. The number of benzene rings is 1. The quantitative estimate of drug-likeness (QED) is 0.710. The Morgan fingerprint density at radius 1 is 1.23 bits per heavy atom. The lowest BCUT2D eigenvalue weighted by Gasteiger charge is -2.32. The molecule has 0 radical (unpaired) electrons. The molecule has 2 unspecified atom stereocenters. The lowest BCUT2D eigenvalue weighted by atomic mass is 9.77. The van der Waals surface area contributed by atoms with E-state index in [1.165, 1.54) is 24.1 Å². The molecule has 4 nitrogen and oxygen atoms in total. The number of hydrogen-bond donors (Lipinski definition) is 1. The molecule has 1 amide bonds. The zero-order valence-electron chi connectivity index (χ0n) is 18.1. The number of rotatable bonds is 4. The summed E-state index contributed by atoms with van der Waals surface area (Å²) in [5.41, 5.74) is 6.11. The predicted molar refractivity (Wildman–Crippen MR) is 115 cm³/mol. The molecule has 1 N–H and O–H groups in total. The fourth-order valence-corrected chi connectivity index (χ4v) is 5.93. The third-order valence-electron chi connectivity index (χ3n) is 7.71. The fraction of sp³-hybridized carbons (Fsp3) is 0.520. The summed E-state index contributed by atoms with van der Waals surface area (Å²) in [5, 5.41) is 8.08. The second-order valence-corrected chi connectivity index (χ2v) is 9.69. The summed E-state index contributed by atoms with van der Waals surface area (Å²) in [6.45, 7) is 6.68. The second-order valence-electron chi connectivity index (χ2n) is 9.69. The second kappa shape index (κ2) is 7.07. The molecule has 0 spiro atoms. The van der Waals surface area contributed by atoms with E-state index < -0.39 is 0 Å². The van der Waals surface area contributed by atoms with Crippen LogP contribution < -0.4 is 5.32 Å². The molecule has 2 aromatic rings. The van der Waals surface area contributed by atoms with Crippen molar-refractivity contribution in [3.8, 4) is 5.69 Å². The zero-order chi connectivity index (χ0) is 21.0. The van der Waals surface area contributed by atoms with Gasteiger partial charge in [-0.05, 0) is 80.7 Å². The Kier molecular flexibility index (Phi) is 4.60. The van der Waals surface area contributed by atoms with Crippen molar-refractivity contribution in [3.63, 3.8) is 0 Å². The normalized spacial score (nSPS) is 24.3. The van der Waals surface area contributed by atoms with E-state index in [-0.39, 0.29) is 17.1 Å². The van der Waals surface area contributed by atoms with Gasteiger partial charge in [0, 0.05) is 22.6 Å². The van der Waals surface area contributed by atoms with Crippen LogP contribution in [-0.4, -0.2) is 15.7 Å². The molecule has 2 bridgehead atoms. The maximum Gasteiger partial charge on any atom is 0.276 e. The molecule has 1 saturated carbocycles. The number of fused-ring (bicyclic) bond motifs is 3. The summed E-state index contributed by atoms with van der Waals surface area (Å²) in [6.07, 6.45) is 7.49. The first-order chi connectivity index (χ1) is 14.4. The number of halogens is 1. The average molecular weight is 408 g/mol. The van der Waals surface area contributed by atoms with Crippen molar-refractivity contribution in [2.75, 3.05) is 0 Å². The van der Waals surface area contributed by atoms with Gasteiger partial charge in [0.05, 0.1) is 11.4 Å². The van der Waals surface area contributed by atoms with Gasteiger partial charge in [-0.1, -0.05) is 20.8 Å². The van der Waals surface area contributed by atoms with Crippen molar-refractivity contribution in [3.05, 3.63) is 58.3 Å². The van der Waals surface area contributed by atoms with Gasteiger partial charge >= 0.3 is 0 Å². The Hall–Kier alpha value is -2.43. The van der Waals surface area contributed by atoms with Crippen LogP contribution in [0.3, 0.4) is 0 Å². The number of allylic oxidation sites excluding steroid dienone is 2. The summed E-state index contributed by atoms with van der Waals surface area (Å²) in [6, 6.07) is 6.40. The lowest BCUT2D eigenvalue weighted by Crippen LogP contribution is -2.35. The Bertz CT molecular complexity index is 1030. The molecule has 0 aliphatic heterocycles. The van der Waals surface area contributed by atoms with Crippen LogP contribution in [0.1, 0.15) is 87.0 Å². The van der Waals surface area contributed by atoms with E-state index in [4.69, 9.17) is 5.10 Å². The van der Waals surface area contributed by atoms with Gasteiger partial charge in [-0.2, -0.15) is 5.10 Å². The first-order valence-electron chi connectivity index (χ1n) is 11.3. The van der Waals surface area contributed by atoms with Crippen molar-refractivity contribution in [1.29, 1.82) is 0 Å². The Morgan fingerprint density at radius 2 is 2.00 bits per heavy atom. The van der Waals surface area contributed by atoms with Gasteiger partial charge in [-0.25, -0.2) is 9.07 Å². The third-order valence-corrected chi connectivity index (χ3v) is 7.71. The number of carbonyl (C=O) groups excluding carboxylic acids is 1. The average Bonchev–Trinajstić information content (AvgIpc) is 3.42. The van der Waals surface area contributed by atoms with Gasteiger partial charge in [-0.15, -0.1) is 0 Å². The summed E-state index contributed by atoms with van der Waals surface area (Å²) in [4.78, 5) is 13.4. The molecule has 3 aliphatic carbocycles. The molecule has 158 valence electrons. The number of nitrogens with one attached hydrogen (secondary N) is 1. The standard InChI is InChI=1S/C25H30FN3O/c1-4-15-6-5-7-20-21(28-29(22(15)20)19-12-10-18(26)11-13-19)24(30)27-23-16-8-9-17(14-16)25(23,2)3/h10-13,15,17H,4-9,14H2,1-3H3,(H,27,30). The smallest absolute Gasteiger partial charge is 0.276 e. The zero-order valence-corrected chi connectivity index (χ0v) is 18.1. The highest BCUT2D eigenvalue weighted by molar-refractivity contribution is 5.95. The maximum atomic E-state index is 13.5. The number of amides is 1. The Labute approximate surface area is 177 Å². The summed E-state index contributed by atoms with van der Waals surface area (Å²) in [7, 11) is 0. The van der Waals surface area contributed by atoms with Gasteiger partial charge in [0.1, 0.15) is 5.82 Å². The molecule has 2 atom stereocenters. The molecule has 0 saturated heterocycles. The van der Waals surface area contributed by atoms with E-state index in [1.807, 2.05) is 4.68 Å². The molecule has 5 heteroatoms. The minimum Gasteiger partial charge on any atom is -0.324 e. The monoisotopic (exact) mass is 407 g/mol. The summed E-state index contributed by atoms with van der Waals surface area (Å²) in [5.74, 6) is 0.649. The van der Waals surface area contributed by atoms with Crippen molar-refractivity contribution in [1.82, 2.24) is 15.1 Å². The SMILES string of the molecule is CCC1CCCc2c(C(=O)NC3=C4CCC(C4)C3(C)C)nn(-c3ccc(F)cc3)c21. The molecule has 1 heterocycles. The van der Waals surface area contributed by atoms with E-state index in [1.54, 1.807) is 12.1 Å². The van der Waals surface area contributed by atoms with Crippen molar-refractivity contribution in [2.24, 2.45) is 11.3 Å². The third kappa shape index (κ3) is 2.93. The van der Waals surface area contributed by atoms with Crippen LogP contribution in [0.15, 0.2) is 35.5 Å². The number of carbonyl (C=O) groups is 1. The lowest BCUT2D eigenvalue weighted by molar-refractivity contribution is 0.0944. The Balaban J connectivity index is 1.56. The van der Waals surface area contributed by atoms with Crippen LogP contribution in [0.2, 0.25) is 0 Å². The highest BCUT2D eigenvalue weighted by Crippen LogP contribution is 2.54. The topological polar surface area (TPSA) is 46.9 Å². The minimum absolute atomic E-state index is 0.0226. The van der Waals surface area contributed by atoms with E-state index >= 15 is 0 Å². The highest BCUT2D eigenvalue weighted by atomic mass is 19.1.